The summed E-state index contributed by atoms with van der Waals surface area (Å²) in [6, 6.07) is 11.7. The molecular formula is C18H14BrClN2O3S2. The maximum atomic E-state index is 12.6. The highest BCUT2D eigenvalue weighted by Crippen LogP contribution is 2.31. The molecule has 0 atom stereocenters. The topological polar surface area (TPSA) is 76.1 Å². The van der Waals surface area contributed by atoms with Gasteiger partial charge >= 0.3 is 0 Å². The number of nitrogens with one attached hydrogen (secondary N) is 1. The number of nitrogens with zero attached hydrogens (tertiary/aromatic N) is 1. The first kappa shape index (κ1) is 20.0. The summed E-state index contributed by atoms with van der Waals surface area (Å²) in [4.78, 5) is 18.1. The third-order valence-electron chi connectivity index (χ3n) is 3.75. The van der Waals surface area contributed by atoms with Gasteiger partial charge in [0.1, 0.15) is 0 Å². The second-order valence-electron chi connectivity index (χ2n) is 5.80. The highest BCUT2D eigenvalue weighted by atomic mass is 79.9. The van der Waals surface area contributed by atoms with Crippen LogP contribution in [0.15, 0.2) is 51.8 Å². The number of thiazole rings is 1. The van der Waals surface area contributed by atoms with Crippen molar-refractivity contribution in [1.29, 1.82) is 0 Å². The zero-order chi connectivity index (χ0) is 19.8. The number of rotatable bonds is 4. The van der Waals surface area contributed by atoms with Gasteiger partial charge in [-0.1, -0.05) is 39.7 Å². The van der Waals surface area contributed by atoms with Gasteiger partial charge in [-0.3, -0.25) is 10.1 Å². The molecule has 0 saturated carbocycles. The molecule has 0 spiro atoms. The Labute approximate surface area is 174 Å². The molecule has 0 saturated heterocycles. The van der Waals surface area contributed by atoms with Crippen LogP contribution in [0.25, 0.3) is 11.3 Å². The van der Waals surface area contributed by atoms with E-state index in [-0.39, 0.29) is 15.5 Å². The minimum absolute atomic E-state index is 0.0305. The zero-order valence-electron chi connectivity index (χ0n) is 14.3. The summed E-state index contributed by atoms with van der Waals surface area (Å²) in [5, 5.41) is 3.28. The van der Waals surface area contributed by atoms with E-state index in [9.17, 15) is 13.2 Å². The molecule has 3 rings (SSSR count). The molecular weight excluding hydrogens is 472 g/mol. The Morgan fingerprint density at radius 3 is 2.48 bits per heavy atom. The standard InChI is InChI=1S/C18H14BrClN2O3S2/c1-10-16(11-3-5-12(19)6-4-11)21-18(26-10)22-17(23)14-9-13(27(2,24)25)7-8-15(14)20/h3-9H,1-2H3,(H,21,22,23). The van der Waals surface area contributed by atoms with E-state index in [0.29, 0.717) is 5.13 Å². The Hall–Kier alpha value is -1.74. The second kappa shape index (κ2) is 7.71. The van der Waals surface area contributed by atoms with E-state index in [1.165, 1.54) is 29.5 Å². The maximum absolute atomic E-state index is 12.6. The number of carbonyl (C=O) groups is 1. The number of benzene rings is 2. The quantitative estimate of drug-likeness (QED) is 0.552. The van der Waals surface area contributed by atoms with Gasteiger partial charge < -0.3 is 0 Å². The predicted molar refractivity (Wildman–Crippen MR) is 113 cm³/mol. The summed E-state index contributed by atoms with van der Waals surface area (Å²) in [5.41, 5.74) is 1.79. The van der Waals surface area contributed by atoms with Gasteiger partial charge in [0, 0.05) is 21.2 Å². The van der Waals surface area contributed by atoms with Crippen LogP contribution in [0, 0.1) is 6.92 Å². The molecule has 0 unspecified atom stereocenters. The lowest BCUT2D eigenvalue weighted by atomic mass is 10.1. The molecule has 5 nitrogen and oxygen atoms in total. The first-order chi connectivity index (χ1) is 12.6. The number of halogens is 2. The summed E-state index contributed by atoms with van der Waals surface area (Å²) >= 11 is 10.8. The van der Waals surface area contributed by atoms with Crippen molar-refractivity contribution in [3.63, 3.8) is 0 Å². The van der Waals surface area contributed by atoms with Crippen molar-refractivity contribution in [2.45, 2.75) is 11.8 Å². The highest BCUT2D eigenvalue weighted by Gasteiger charge is 2.18. The molecule has 0 fully saturated rings. The van der Waals surface area contributed by atoms with Crippen LogP contribution >= 0.6 is 38.9 Å². The fraction of sp³-hybridized carbons (Fsp3) is 0.111. The predicted octanol–water partition coefficient (Wildman–Crippen LogP) is 5.19. The summed E-state index contributed by atoms with van der Waals surface area (Å²) in [5.74, 6) is -0.512. The van der Waals surface area contributed by atoms with Crippen molar-refractivity contribution >= 4 is 59.7 Å². The Balaban J connectivity index is 1.89. The summed E-state index contributed by atoms with van der Waals surface area (Å²) in [7, 11) is -3.45. The number of hydrogen-bond donors (Lipinski definition) is 1. The maximum Gasteiger partial charge on any atom is 0.259 e. The van der Waals surface area contributed by atoms with Gasteiger partial charge in [0.25, 0.3) is 5.91 Å². The molecule has 140 valence electrons. The van der Waals surface area contributed by atoms with Crippen LogP contribution < -0.4 is 5.32 Å². The lowest BCUT2D eigenvalue weighted by Gasteiger charge is -2.06. The normalized spacial score (nSPS) is 11.4. The first-order valence-electron chi connectivity index (χ1n) is 7.69. The third kappa shape index (κ3) is 4.57. The molecule has 1 amide bonds. The molecule has 1 N–H and O–H groups in total. The molecule has 1 heterocycles. The first-order valence-corrected chi connectivity index (χ1v) is 11.6. The van der Waals surface area contributed by atoms with Crippen LogP contribution in [0.3, 0.4) is 0 Å². The average Bonchev–Trinajstić information content (AvgIpc) is 2.95. The zero-order valence-corrected chi connectivity index (χ0v) is 18.3. The third-order valence-corrected chi connectivity index (χ3v) is 6.60. The van der Waals surface area contributed by atoms with Crippen LogP contribution in [-0.4, -0.2) is 25.6 Å². The molecule has 0 aliphatic heterocycles. The molecule has 0 radical (unpaired) electrons. The van der Waals surface area contributed by atoms with E-state index in [1.807, 2.05) is 31.2 Å². The van der Waals surface area contributed by atoms with Gasteiger partial charge in [-0.25, -0.2) is 13.4 Å². The van der Waals surface area contributed by atoms with Crippen LogP contribution in [0.2, 0.25) is 5.02 Å². The number of amides is 1. The molecule has 2 aromatic carbocycles. The minimum atomic E-state index is -3.45. The van der Waals surface area contributed by atoms with Crippen LogP contribution in [-0.2, 0) is 9.84 Å². The second-order valence-corrected chi connectivity index (χ2v) is 10.3. The number of sulfone groups is 1. The fourth-order valence-corrected chi connectivity index (χ4v) is 4.34. The number of aromatic nitrogens is 1. The smallest absolute Gasteiger partial charge is 0.259 e. The largest absolute Gasteiger partial charge is 0.298 e. The van der Waals surface area contributed by atoms with Crippen molar-refractivity contribution in [2.75, 3.05) is 11.6 Å². The summed E-state index contributed by atoms with van der Waals surface area (Å²) in [6.45, 7) is 1.92. The Bertz CT molecular complexity index is 1130. The fourth-order valence-electron chi connectivity index (χ4n) is 2.40. The van der Waals surface area contributed by atoms with E-state index < -0.39 is 15.7 Å². The van der Waals surface area contributed by atoms with Gasteiger partial charge in [-0.2, -0.15) is 0 Å². The molecule has 0 bridgehead atoms. The van der Waals surface area contributed by atoms with Gasteiger partial charge in [-0.15, -0.1) is 11.3 Å². The number of aryl methyl sites for hydroxylation is 1. The SMILES string of the molecule is Cc1sc(NC(=O)c2cc(S(C)(=O)=O)ccc2Cl)nc1-c1ccc(Br)cc1. The lowest BCUT2D eigenvalue weighted by Crippen LogP contribution is -2.13. The molecule has 1 aromatic heterocycles. The molecule has 27 heavy (non-hydrogen) atoms. The lowest BCUT2D eigenvalue weighted by molar-refractivity contribution is 0.102. The van der Waals surface area contributed by atoms with Crippen LogP contribution in [0.5, 0.6) is 0 Å². The Morgan fingerprint density at radius 2 is 1.85 bits per heavy atom. The van der Waals surface area contributed by atoms with E-state index in [1.54, 1.807) is 0 Å². The highest BCUT2D eigenvalue weighted by molar-refractivity contribution is 9.10. The van der Waals surface area contributed by atoms with Crippen LogP contribution in [0.4, 0.5) is 5.13 Å². The average molecular weight is 486 g/mol. The Morgan fingerprint density at radius 1 is 1.19 bits per heavy atom. The van der Waals surface area contributed by atoms with E-state index in [2.05, 4.69) is 26.2 Å². The molecule has 0 aliphatic rings. The van der Waals surface area contributed by atoms with E-state index in [4.69, 9.17) is 11.6 Å². The van der Waals surface area contributed by atoms with Crippen molar-refractivity contribution in [1.82, 2.24) is 4.98 Å². The molecule has 0 aliphatic carbocycles. The van der Waals surface area contributed by atoms with Crippen molar-refractivity contribution in [3.8, 4) is 11.3 Å². The van der Waals surface area contributed by atoms with E-state index in [0.717, 1.165) is 26.9 Å². The summed E-state index contributed by atoms with van der Waals surface area (Å²) in [6.07, 6.45) is 1.08. The molecule has 9 heteroatoms. The van der Waals surface area contributed by atoms with Crippen molar-refractivity contribution in [3.05, 3.63) is 62.4 Å². The van der Waals surface area contributed by atoms with Gasteiger partial charge in [-0.05, 0) is 37.3 Å². The van der Waals surface area contributed by atoms with Crippen molar-refractivity contribution in [2.24, 2.45) is 0 Å². The minimum Gasteiger partial charge on any atom is -0.298 e. The van der Waals surface area contributed by atoms with Gasteiger partial charge in [0.05, 0.1) is 21.2 Å². The monoisotopic (exact) mass is 484 g/mol. The number of carbonyl (C=O) groups excluding carboxylic acids is 1. The molecule has 3 aromatic rings. The number of anilines is 1. The van der Waals surface area contributed by atoms with Gasteiger partial charge in [0.15, 0.2) is 15.0 Å². The van der Waals surface area contributed by atoms with Crippen LogP contribution in [0.1, 0.15) is 15.2 Å². The van der Waals surface area contributed by atoms with E-state index >= 15 is 0 Å². The van der Waals surface area contributed by atoms with Crippen molar-refractivity contribution < 1.29 is 13.2 Å². The van der Waals surface area contributed by atoms with Gasteiger partial charge in [0.2, 0.25) is 0 Å². The number of hydrogen-bond acceptors (Lipinski definition) is 5. The summed E-state index contributed by atoms with van der Waals surface area (Å²) < 4.78 is 24.4. The Kier molecular flexibility index (Phi) is 5.71.